The Labute approximate surface area is 111 Å². The largest absolute Gasteiger partial charge is 0.486 e. The summed E-state index contributed by atoms with van der Waals surface area (Å²) in [7, 11) is 0. The number of ketones is 1. The van der Waals surface area contributed by atoms with Gasteiger partial charge in [-0.25, -0.2) is 0 Å². The van der Waals surface area contributed by atoms with Crippen molar-refractivity contribution in [1.82, 2.24) is 0 Å². The van der Waals surface area contributed by atoms with E-state index in [-0.39, 0.29) is 31.2 Å². The van der Waals surface area contributed by atoms with E-state index in [1.807, 2.05) is 6.07 Å². The van der Waals surface area contributed by atoms with Gasteiger partial charge in [0.2, 0.25) is 0 Å². The molecule has 0 spiro atoms. The monoisotopic (exact) mass is 261 g/mol. The van der Waals surface area contributed by atoms with E-state index in [2.05, 4.69) is 0 Å². The summed E-state index contributed by atoms with van der Waals surface area (Å²) in [5, 5.41) is 8.71. The number of Topliss-reactive ketones (excluding diaryl/α,β-unsaturated/α-hetero) is 1. The van der Waals surface area contributed by atoms with Crippen LogP contribution in [0, 0.1) is 11.3 Å². The number of carbonyl (C=O) groups excluding carboxylic acids is 2. The molecule has 0 saturated heterocycles. The highest BCUT2D eigenvalue weighted by Gasteiger charge is 2.08. The van der Waals surface area contributed by atoms with Crippen molar-refractivity contribution in [1.29, 1.82) is 5.26 Å². The Bertz CT molecular complexity index is 490. The quantitative estimate of drug-likeness (QED) is 0.700. The van der Waals surface area contributed by atoms with Crippen LogP contribution in [0.4, 0.5) is 0 Å². The smallest absolute Gasteiger partial charge is 0.306 e. The van der Waals surface area contributed by atoms with E-state index in [4.69, 9.17) is 14.7 Å². The molecule has 100 valence electrons. The predicted octanol–water partition coefficient (Wildman–Crippen LogP) is 1.85. The van der Waals surface area contributed by atoms with E-state index in [9.17, 15) is 9.59 Å². The molecule has 0 saturated carbocycles. The Morgan fingerprint density at radius 2 is 2.11 bits per heavy atom. The average molecular weight is 261 g/mol. The van der Waals surface area contributed by atoms with Gasteiger partial charge in [0.15, 0.2) is 5.78 Å². The average Bonchev–Trinajstić information content (AvgIpc) is 2.43. The zero-order valence-electron chi connectivity index (χ0n) is 10.7. The van der Waals surface area contributed by atoms with Crippen LogP contribution in [0.3, 0.4) is 0 Å². The molecule has 0 fully saturated rings. The molecular weight excluding hydrogens is 246 g/mol. The zero-order valence-corrected chi connectivity index (χ0v) is 10.7. The second-order valence-electron chi connectivity index (χ2n) is 3.77. The first kappa shape index (κ1) is 14.7. The first-order valence-electron chi connectivity index (χ1n) is 5.96. The molecule has 5 nitrogen and oxygen atoms in total. The molecule has 0 atom stereocenters. The lowest BCUT2D eigenvalue weighted by Crippen LogP contribution is -2.14. The number of nitrogens with zero attached hydrogens (tertiary/aromatic N) is 1. The van der Waals surface area contributed by atoms with Gasteiger partial charge < -0.3 is 9.47 Å². The van der Waals surface area contributed by atoms with E-state index < -0.39 is 0 Å². The van der Waals surface area contributed by atoms with Crippen molar-refractivity contribution in [3.05, 3.63) is 29.8 Å². The number of rotatable bonds is 7. The Hall–Kier alpha value is -2.35. The van der Waals surface area contributed by atoms with Crippen LogP contribution in [-0.4, -0.2) is 25.0 Å². The predicted molar refractivity (Wildman–Crippen MR) is 67.5 cm³/mol. The lowest BCUT2D eigenvalue weighted by Gasteiger charge is -2.05. The molecule has 0 aliphatic carbocycles. The summed E-state index contributed by atoms with van der Waals surface area (Å²) in [6, 6.07) is 8.53. The Kier molecular flexibility index (Phi) is 6.10. The lowest BCUT2D eigenvalue weighted by atomic mass is 10.2. The fraction of sp³-hybridized carbons (Fsp3) is 0.357. The normalized spacial score (nSPS) is 9.47. The van der Waals surface area contributed by atoms with Gasteiger partial charge in [0.25, 0.3) is 0 Å². The molecule has 1 rings (SSSR count). The van der Waals surface area contributed by atoms with Crippen LogP contribution in [0.2, 0.25) is 0 Å². The molecule has 0 aliphatic heterocycles. The topological polar surface area (TPSA) is 76.4 Å². The van der Waals surface area contributed by atoms with Crippen LogP contribution >= 0.6 is 0 Å². The highest BCUT2D eigenvalue weighted by Crippen LogP contribution is 2.12. The molecule has 0 heterocycles. The van der Waals surface area contributed by atoms with Gasteiger partial charge in [0.1, 0.15) is 12.4 Å². The van der Waals surface area contributed by atoms with E-state index in [0.29, 0.717) is 17.9 Å². The first-order valence-corrected chi connectivity index (χ1v) is 5.96. The second kappa shape index (κ2) is 7.88. The molecular formula is C14H15NO4. The number of hydrogen-bond acceptors (Lipinski definition) is 5. The number of ether oxygens (including phenoxy) is 2. The summed E-state index contributed by atoms with van der Waals surface area (Å²) in [6.07, 6.45) is 0.158. The van der Waals surface area contributed by atoms with Gasteiger partial charge >= 0.3 is 5.97 Å². The van der Waals surface area contributed by atoms with Crippen LogP contribution < -0.4 is 4.74 Å². The fourth-order valence-corrected chi connectivity index (χ4v) is 1.37. The molecule has 0 unspecified atom stereocenters. The van der Waals surface area contributed by atoms with Crippen LogP contribution in [0.1, 0.15) is 25.3 Å². The zero-order chi connectivity index (χ0) is 14.1. The van der Waals surface area contributed by atoms with Gasteiger partial charge in [-0.3, -0.25) is 9.59 Å². The summed E-state index contributed by atoms with van der Waals surface area (Å²) >= 11 is 0. The summed E-state index contributed by atoms with van der Waals surface area (Å²) in [6.45, 7) is 1.91. The van der Waals surface area contributed by atoms with Crippen molar-refractivity contribution in [2.24, 2.45) is 0 Å². The van der Waals surface area contributed by atoms with Gasteiger partial charge in [-0.1, -0.05) is 6.07 Å². The van der Waals surface area contributed by atoms with Crippen LogP contribution in [0.25, 0.3) is 0 Å². The standard InChI is InChI=1S/C14H15NO4/c1-2-18-14(17)7-6-12(16)10-19-13-5-3-4-11(8-13)9-15/h3-5,8H,2,6-7,10H2,1H3. The number of hydrogen-bond donors (Lipinski definition) is 0. The maximum absolute atomic E-state index is 11.5. The number of benzene rings is 1. The summed E-state index contributed by atoms with van der Waals surface area (Å²) in [5.74, 6) is -0.110. The van der Waals surface area contributed by atoms with Crippen molar-refractivity contribution in [2.75, 3.05) is 13.2 Å². The maximum atomic E-state index is 11.5. The van der Waals surface area contributed by atoms with E-state index in [1.165, 1.54) is 0 Å². The van der Waals surface area contributed by atoms with Crippen molar-refractivity contribution in [3.63, 3.8) is 0 Å². The minimum absolute atomic E-state index is 0.0638. The van der Waals surface area contributed by atoms with Crippen molar-refractivity contribution in [2.45, 2.75) is 19.8 Å². The van der Waals surface area contributed by atoms with Crippen molar-refractivity contribution < 1.29 is 19.1 Å². The third-order valence-corrected chi connectivity index (χ3v) is 2.28. The Morgan fingerprint density at radius 1 is 1.32 bits per heavy atom. The van der Waals surface area contributed by atoms with Crippen LogP contribution in [0.15, 0.2) is 24.3 Å². The Balaban J connectivity index is 2.34. The van der Waals surface area contributed by atoms with E-state index >= 15 is 0 Å². The van der Waals surface area contributed by atoms with Crippen LogP contribution in [0.5, 0.6) is 5.75 Å². The third kappa shape index (κ3) is 5.68. The molecule has 0 radical (unpaired) electrons. The SMILES string of the molecule is CCOC(=O)CCC(=O)COc1cccc(C#N)c1. The van der Waals surface area contributed by atoms with Crippen LogP contribution in [-0.2, 0) is 14.3 Å². The number of nitriles is 1. The number of carbonyl (C=O) groups is 2. The summed E-state index contributed by atoms with van der Waals surface area (Å²) < 4.78 is 9.97. The molecule has 0 aromatic heterocycles. The highest BCUT2D eigenvalue weighted by atomic mass is 16.5. The third-order valence-electron chi connectivity index (χ3n) is 2.28. The van der Waals surface area contributed by atoms with Gasteiger partial charge in [-0.05, 0) is 25.1 Å². The van der Waals surface area contributed by atoms with Gasteiger partial charge in [-0.15, -0.1) is 0 Å². The molecule has 0 amide bonds. The number of esters is 1. The molecule has 1 aromatic rings. The van der Waals surface area contributed by atoms with Crippen molar-refractivity contribution >= 4 is 11.8 Å². The minimum Gasteiger partial charge on any atom is -0.486 e. The fourth-order valence-electron chi connectivity index (χ4n) is 1.37. The maximum Gasteiger partial charge on any atom is 0.306 e. The molecule has 1 aromatic carbocycles. The molecule has 0 bridgehead atoms. The first-order chi connectivity index (χ1) is 9.15. The van der Waals surface area contributed by atoms with Gasteiger partial charge in [-0.2, -0.15) is 5.26 Å². The van der Waals surface area contributed by atoms with Gasteiger partial charge in [0, 0.05) is 6.42 Å². The molecule has 0 aliphatic rings. The molecule has 5 heteroatoms. The van der Waals surface area contributed by atoms with E-state index in [1.54, 1.807) is 31.2 Å². The van der Waals surface area contributed by atoms with Crippen molar-refractivity contribution in [3.8, 4) is 11.8 Å². The second-order valence-corrected chi connectivity index (χ2v) is 3.77. The summed E-state index contributed by atoms with van der Waals surface area (Å²) in [5.41, 5.74) is 0.469. The van der Waals surface area contributed by atoms with Gasteiger partial charge in [0.05, 0.1) is 24.7 Å². The highest BCUT2D eigenvalue weighted by molar-refractivity contribution is 5.84. The van der Waals surface area contributed by atoms with E-state index in [0.717, 1.165) is 0 Å². The Morgan fingerprint density at radius 3 is 2.79 bits per heavy atom. The molecule has 19 heavy (non-hydrogen) atoms. The minimum atomic E-state index is -0.387. The summed E-state index contributed by atoms with van der Waals surface area (Å²) in [4.78, 5) is 22.5. The lowest BCUT2D eigenvalue weighted by molar-refractivity contribution is -0.144. The molecule has 0 N–H and O–H groups in total.